The highest BCUT2D eigenvalue weighted by atomic mass is 31.2. The van der Waals surface area contributed by atoms with Gasteiger partial charge in [-0.15, -0.1) is 19.3 Å². The highest BCUT2D eigenvalue weighted by Crippen LogP contribution is 2.60. The Morgan fingerprint density at radius 2 is 1.58 bits per heavy atom. The zero-order valence-electron chi connectivity index (χ0n) is 15.2. The SMILES string of the molecule is CCOP(=O)(OCC)C1=CN=NC1=C1C=CN=N1.CCO[P+](=O)OCC. The van der Waals surface area contributed by atoms with Crippen molar-refractivity contribution in [3.63, 3.8) is 0 Å². The third kappa shape index (κ3) is 6.72. The maximum absolute atomic E-state index is 12.6. The van der Waals surface area contributed by atoms with Gasteiger partial charge in [-0.05, 0) is 33.8 Å². The molecule has 10 nitrogen and oxygen atoms in total. The molecular formula is C14H23N4O6P2+. The van der Waals surface area contributed by atoms with E-state index in [0.717, 1.165) is 0 Å². The van der Waals surface area contributed by atoms with Gasteiger partial charge in [-0.25, -0.2) is 0 Å². The van der Waals surface area contributed by atoms with Crippen molar-refractivity contribution in [2.24, 2.45) is 20.5 Å². The van der Waals surface area contributed by atoms with Gasteiger partial charge in [-0.2, -0.15) is 10.2 Å². The summed E-state index contributed by atoms with van der Waals surface area (Å²) in [6, 6.07) is 0. The fourth-order valence-corrected chi connectivity index (χ4v) is 3.90. The first-order chi connectivity index (χ1) is 12.5. The summed E-state index contributed by atoms with van der Waals surface area (Å²) >= 11 is 0. The summed E-state index contributed by atoms with van der Waals surface area (Å²) in [6.07, 6.45) is 4.58. The van der Waals surface area contributed by atoms with Gasteiger partial charge in [-0.3, -0.25) is 4.57 Å². The van der Waals surface area contributed by atoms with Gasteiger partial charge in [0.25, 0.3) is 0 Å². The Balaban J connectivity index is 0.000000359. The van der Waals surface area contributed by atoms with Crippen LogP contribution in [0, 0.1) is 0 Å². The number of azo groups is 2. The lowest BCUT2D eigenvalue weighted by Crippen LogP contribution is -2.00. The summed E-state index contributed by atoms with van der Waals surface area (Å²) in [5.74, 6) is 0. The quantitative estimate of drug-likeness (QED) is 0.469. The molecule has 2 aliphatic rings. The van der Waals surface area contributed by atoms with E-state index in [1.807, 2.05) is 0 Å². The summed E-state index contributed by atoms with van der Waals surface area (Å²) in [4.78, 5) is 0. The van der Waals surface area contributed by atoms with Crippen molar-refractivity contribution in [1.29, 1.82) is 0 Å². The molecule has 2 heterocycles. The van der Waals surface area contributed by atoms with Crippen molar-refractivity contribution < 1.29 is 27.2 Å². The standard InChI is InChI=1S/C10H13N4O3P.C4H10O3P/c1-3-16-18(15,17-4-2)9-7-12-14-10(9)8-5-6-11-13-8;1-3-6-8(5)7-4-2/h5-7H,3-4H2,1-2H3;3-4H2,1-2H3/q;+1. The molecule has 0 radical (unpaired) electrons. The van der Waals surface area contributed by atoms with E-state index < -0.39 is 15.9 Å². The molecule has 0 aromatic carbocycles. The molecule has 0 spiro atoms. The van der Waals surface area contributed by atoms with Crippen LogP contribution >= 0.6 is 15.9 Å². The van der Waals surface area contributed by atoms with Gasteiger partial charge in [0.1, 0.15) is 29.9 Å². The second-order valence-electron chi connectivity index (χ2n) is 4.39. The molecule has 0 atom stereocenters. The smallest absolute Gasteiger partial charge is 0.305 e. The van der Waals surface area contributed by atoms with Crippen molar-refractivity contribution in [1.82, 2.24) is 0 Å². The highest BCUT2D eigenvalue weighted by Gasteiger charge is 2.36. The van der Waals surface area contributed by atoms with Crippen LogP contribution < -0.4 is 0 Å². The first-order valence-electron chi connectivity index (χ1n) is 8.08. The molecule has 2 aliphatic heterocycles. The molecule has 0 aliphatic carbocycles. The summed E-state index contributed by atoms with van der Waals surface area (Å²) in [5.41, 5.74) is 0.889. The maximum Gasteiger partial charge on any atom is 0.697 e. The molecule has 2 rings (SSSR count). The molecule has 12 heteroatoms. The van der Waals surface area contributed by atoms with E-state index in [-0.39, 0.29) is 13.2 Å². The minimum absolute atomic E-state index is 0.272. The molecular weight excluding hydrogens is 382 g/mol. The van der Waals surface area contributed by atoms with Crippen LogP contribution in [0.25, 0.3) is 0 Å². The fourth-order valence-electron chi connectivity index (χ4n) is 1.76. The van der Waals surface area contributed by atoms with E-state index in [4.69, 9.17) is 9.05 Å². The van der Waals surface area contributed by atoms with Crippen molar-refractivity contribution in [2.45, 2.75) is 27.7 Å². The largest absolute Gasteiger partial charge is 0.697 e. The van der Waals surface area contributed by atoms with E-state index in [2.05, 4.69) is 29.5 Å². The van der Waals surface area contributed by atoms with Gasteiger partial charge in [0.15, 0.2) is 0 Å². The van der Waals surface area contributed by atoms with E-state index >= 15 is 0 Å². The Morgan fingerprint density at radius 3 is 2.04 bits per heavy atom. The minimum Gasteiger partial charge on any atom is -0.305 e. The molecule has 0 saturated carbocycles. The normalized spacial score (nSPS) is 18.1. The maximum atomic E-state index is 12.6. The first kappa shape index (κ1) is 22.6. The van der Waals surface area contributed by atoms with Gasteiger partial charge >= 0.3 is 15.9 Å². The van der Waals surface area contributed by atoms with Crippen LogP contribution in [0.4, 0.5) is 0 Å². The number of rotatable bonds is 9. The van der Waals surface area contributed by atoms with Crippen molar-refractivity contribution in [3.05, 3.63) is 35.2 Å². The van der Waals surface area contributed by atoms with Crippen molar-refractivity contribution in [3.8, 4) is 0 Å². The third-order valence-corrected chi connectivity index (χ3v) is 5.70. The molecule has 26 heavy (non-hydrogen) atoms. The molecule has 0 bridgehead atoms. The molecule has 144 valence electrons. The molecule has 0 fully saturated rings. The Morgan fingerprint density at radius 1 is 0.962 bits per heavy atom. The van der Waals surface area contributed by atoms with Crippen molar-refractivity contribution >= 4 is 15.9 Å². The summed E-state index contributed by atoms with van der Waals surface area (Å²) in [7, 11) is -5.23. The lowest BCUT2D eigenvalue weighted by Gasteiger charge is -2.17. The summed E-state index contributed by atoms with van der Waals surface area (Å²) < 4.78 is 42.6. The first-order valence-corrected chi connectivity index (χ1v) is 10.7. The highest BCUT2D eigenvalue weighted by molar-refractivity contribution is 7.58. The number of hydrogen-bond donors (Lipinski definition) is 0. The average molecular weight is 405 g/mol. The van der Waals surface area contributed by atoms with E-state index in [9.17, 15) is 9.13 Å². The van der Waals surface area contributed by atoms with Crippen molar-refractivity contribution in [2.75, 3.05) is 26.4 Å². The molecule has 0 aromatic rings. The van der Waals surface area contributed by atoms with Crippen LogP contribution in [0.15, 0.2) is 55.6 Å². The van der Waals surface area contributed by atoms with E-state index in [0.29, 0.717) is 29.9 Å². The number of nitrogens with zero attached hydrogens (tertiary/aromatic N) is 4. The third-order valence-electron chi connectivity index (χ3n) is 2.65. The van der Waals surface area contributed by atoms with Crippen LogP contribution in [0.2, 0.25) is 0 Å². The predicted molar refractivity (Wildman–Crippen MR) is 95.7 cm³/mol. The second kappa shape index (κ2) is 12.1. The zero-order chi connectivity index (χ0) is 19.4. The summed E-state index contributed by atoms with van der Waals surface area (Å²) in [6.45, 7) is 8.46. The number of allylic oxidation sites excluding steroid dienone is 2. The monoisotopic (exact) mass is 405 g/mol. The molecule has 0 saturated heterocycles. The lowest BCUT2D eigenvalue weighted by atomic mass is 10.3. The Hall–Kier alpha value is -1.41. The second-order valence-corrected chi connectivity index (χ2v) is 7.34. The van der Waals surface area contributed by atoms with Gasteiger partial charge in [-0.1, -0.05) is 0 Å². The van der Waals surface area contributed by atoms with Crippen LogP contribution in [0.5, 0.6) is 0 Å². The Bertz CT molecular complexity index is 655. The van der Waals surface area contributed by atoms with Gasteiger partial charge < -0.3 is 9.05 Å². The van der Waals surface area contributed by atoms with Crippen LogP contribution in [0.1, 0.15) is 27.7 Å². The average Bonchev–Trinajstić information content (AvgIpc) is 3.28. The van der Waals surface area contributed by atoms with Crippen LogP contribution in [0.3, 0.4) is 0 Å². The predicted octanol–water partition coefficient (Wildman–Crippen LogP) is 5.47. The molecule has 0 aromatic heterocycles. The summed E-state index contributed by atoms with van der Waals surface area (Å²) in [5, 5.41) is 15.6. The van der Waals surface area contributed by atoms with Crippen LogP contribution in [-0.2, 0) is 27.2 Å². The van der Waals surface area contributed by atoms with Gasteiger partial charge in [0.05, 0.1) is 25.6 Å². The number of hydrogen-bond acceptors (Lipinski definition) is 10. The molecule has 0 N–H and O–H groups in total. The molecule has 0 amide bonds. The van der Waals surface area contributed by atoms with Crippen LogP contribution in [-0.4, -0.2) is 26.4 Å². The van der Waals surface area contributed by atoms with Gasteiger partial charge in [0.2, 0.25) is 0 Å². The Kier molecular flexibility index (Phi) is 10.5. The van der Waals surface area contributed by atoms with Gasteiger partial charge in [0, 0.05) is 4.57 Å². The fraction of sp³-hybridized carbons (Fsp3) is 0.571. The van der Waals surface area contributed by atoms with E-state index in [1.165, 1.54) is 12.4 Å². The lowest BCUT2D eigenvalue weighted by molar-refractivity contribution is 0.227. The zero-order valence-corrected chi connectivity index (χ0v) is 17.0. The minimum atomic E-state index is -3.40. The Labute approximate surface area is 153 Å². The van der Waals surface area contributed by atoms with E-state index in [1.54, 1.807) is 33.8 Å². The molecule has 0 unspecified atom stereocenters. The topological polar surface area (TPSA) is 121 Å².